The summed E-state index contributed by atoms with van der Waals surface area (Å²) in [6, 6.07) is 0.0638. The van der Waals surface area contributed by atoms with E-state index >= 15 is 0 Å². The van der Waals surface area contributed by atoms with Crippen molar-refractivity contribution in [3.05, 3.63) is 12.4 Å². The van der Waals surface area contributed by atoms with Crippen LogP contribution in [0.15, 0.2) is 12.4 Å². The van der Waals surface area contributed by atoms with Crippen molar-refractivity contribution in [1.29, 1.82) is 0 Å². The lowest BCUT2D eigenvalue weighted by molar-refractivity contribution is -0.158. The molecule has 22 heavy (non-hydrogen) atoms. The van der Waals surface area contributed by atoms with Gasteiger partial charge in [-0.25, -0.2) is 14.6 Å². The van der Waals surface area contributed by atoms with Gasteiger partial charge in [0.2, 0.25) is 0 Å². The molecule has 0 saturated heterocycles. The van der Waals surface area contributed by atoms with Crippen LogP contribution in [0.25, 0.3) is 0 Å². The van der Waals surface area contributed by atoms with E-state index in [0.717, 1.165) is 18.3 Å². The molecular formula is C16H22N2O4. The van der Waals surface area contributed by atoms with E-state index in [2.05, 4.69) is 18.8 Å². The molecule has 120 valence electrons. The van der Waals surface area contributed by atoms with E-state index in [1.807, 2.05) is 0 Å². The van der Waals surface area contributed by atoms with Crippen molar-refractivity contribution >= 4 is 11.9 Å². The summed E-state index contributed by atoms with van der Waals surface area (Å²) in [6.45, 7) is 5.44. The van der Waals surface area contributed by atoms with Gasteiger partial charge in [-0.2, -0.15) is 0 Å². The van der Waals surface area contributed by atoms with Gasteiger partial charge in [-0.15, -0.1) is 0 Å². The van der Waals surface area contributed by atoms with Crippen molar-refractivity contribution in [2.75, 3.05) is 0 Å². The summed E-state index contributed by atoms with van der Waals surface area (Å²) in [6.07, 6.45) is 8.16. The summed E-state index contributed by atoms with van der Waals surface area (Å²) in [7, 11) is 0. The van der Waals surface area contributed by atoms with E-state index in [-0.39, 0.29) is 6.01 Å². The first-order chi connectivity index (χ1) is 10.4. The first-order valence-electron chi connectivity index (χ1n) is 7.86. The van der Waals surface area contributed by atoms with Gasteiger partial charge in [0, 0.05) is 18.9 Å². The Bertz CT molecular complexity index is 591. The molecule has 6 heteroatoms. The molecule has 1 heterocycles. The first-order valence-corrected chi connectivity index (χ1v) is 7.86. The van der Waals surface area contributed by atoms with Gasteiger partial charge in [-0.1, -0.05) is 13.8 Å². The second kappa shape index (κ2) is 5.41. The third-order valence-electron chi connectivity index (χ3n) is 5.78. The van der Waals surface area contributed by atoms with Gasteiger partial charge in [0.15, 0.2) is 0 Å². The number of carbonyl (C=O) groups is 2. The Kier molecular flexibility index (Phi) is 3.70. The van der Waals surface area contributed by atoms with Gasteiger partial charge in [0.05, 0.1) is 0 Å². The third-order valence-corrected chi connectivity index (χ3v) is 5.78. The minimum Gasteiger partial charge on any atom is -0.473 e. The second-order valence-electron chi connectivity index (χ2n) is 7.08. The molecule has 6 nitrogen and oxygen atoms in total. The van der Waals surface area contributed by atoms with Crippen LogP contribution in [-0.4, -0.2) is 26.6 Å². The van der Waals surface area contributed by atoms with Crippen LogP contribution in [0.4, 0.5) is 0 Å². The molecule has 4 rings (SSSR count). The monoisotopic (exact) mass is 306 g/mol. The number of aromatic nitrogens is 2. The smallest absolute Gasteiger partial charge is 0.425 e. The Balaban J connectivity index is 1.59. The zero-order valence-electron chi connectivity index (χ0n) is 13.0. The van der Waals surface area contributed by atoms with Crippen LogP contribution in [0.2, 0.25) is 0 Å². The Morgan fingerprint density at radius 3 is 2.86 bits per heavy atom. The lowest BCUT2D eigenvalue weighted by Crippen LogP contribution is -2.52. The van der Waals surface area contributed by atoms with Crippen molar-refractivity contribution in [2.24, 2.45) is 23.2 Å². The topological polar surface area (TPSA) is 81.4 Å². The molecule has 0 radical (unpaired) electrons. The predicted molar refractivity (Wildman–Crippen MR) is 78.2 cm³/mol. The van der Waals surface area contributed by atoms with Gasteiger partial charge in [0.1, 0.15) is 0 Å². The van der Waals surface area contributed by atoms with Crippen LogP contribution >= 0.6 is 0 Å². The van der Waals surface area contributed by atoms with Crippen molar-refractivity contribution in [2.45, 2.75) is 46.1 Å². The zero-order chi connectivity index (χ0) is 15.9. The average Bonchev–Trinajstić information content (AvgIpc) is 2.92. The molecular weight excluding hydrogens is 284 g/mol. The normalized spacial score (nSPS) is 28.7. The summed E-state index contributed by atoms with van der Waals surface area (Å²) >= 11 is 0. The number of nitrogens with zero attached hydrogens (tertiary/aromatic N) is 2. The number of esters is 1. The number of carboxylic acids is 1. The molecule has 3 saturated carbocycles. The van der Waals surface area contributed by atoms with Crippen molar-refractivity contribution in [3.63, 3.8) is 0 Å². The number of fused-ring (bicyclic) bond motifs is 2. The van der Waals surface area contributed by atoms with E-state index in [1.54, 1.807) is 10.8 Å². The fourth-order valence-electron chi connectivity index (χ4n) is 4.31. The summed E-state index contributed by atoms with van der Waals surface area (Å²) in [4.78, 5) is 25.6. The molecule has 0 spiro atoms. The number of hydrogen-bond donors (Lipinski definition) is 1. The number of hydrogen-bond acceptors (Lipinski definition) is 4. The summed E-state index contributed by atoms with van der Waals surface area (Å²) in [5.41, 5.74) is 0.455. The Morgan fingerprint density at radius 1 is 1.45 bits per heavy atom. The van der Waals surface area contributed by atoms with Crippen LogP contribution in [0.5, 0.6) is 6.01 Å². The minimum absolute atomic E-state index is 0.0638. The highest BCUT2D eigenvalue weighted by atomic mass is 16.6. The molecule has 3 atom stereocenters. The Morgan fingerprint density at radius 2 is 2.23 bits per heavy atom. The first kappa shape index (κ1) is 15.1. The molecule has 3 aliphatic carbocycles. The van der Waals surface area contributed by atoms with Crippen LogP contribution in [-0.2, 0) is 16.1 Å². The van der Waals surface area contributed by atoms with E-state index in [4.69, 9.17) is 9.84 Å². The number of imidazole rings is 1. The van der Waals surface area contributed by atoms with Gasteiger partial charge in [-0.05, 0) is 48.9 Å². The molecule has 3 fully saturated rings. The molecule has 1 aromatic heterocycles. The lowest BCUT2D eigenvalue weighted by atomic mass is 9.45. The van der Waals surface area contributed by atoms with Crippen molar-refractivity contribution in [3.8, 4) is 6.01 Å². The molecule has 1 N–H and O–H groups in total. The lowest BCUT2D eigenvalue weighted by Gasteiger charge is -2.60. The second-order valence-corrected chi connectivity index (χ2v) is 7.08. The van der Waals surface area contributed by atoms with Crippen molar-refractivity contribution < 1.29 is 19.4 Å². The van der Waals surface area contributed by atoms with E-state index in [1.165, 1.54) is 25.5 Å². The maximum Gasteiger partial charge on any atom is 0.425 e. The van der Waals surface area contributed by atoms with Crippen LogP contribution < -0.4 is 4.74 Å². The molecule has 0 aliphatic heterocycles. The predicted octanol–water partition coefficient (Wildman–Crippen LogP) is 2.34. The maximum atomic E-state index is 11.1. The highest BCUT2D eigenvalue weighted by Crippen LogP contribution is 2.62. The summed E-state index contributed by atoms with van der Waals surface area (Å²) < 4.78 is 6.50. The molecule has 3 aliphatic rings. The SMILES string of the molecule is CC1(C)C2CCC(CCn3ccnc3OC(=O)C(=O)O)C1C2. The third kappa shape index (κ3) is 2.51. The standard InChI is InChI=1S/C16H22N2O4/c1-16(2)11-4-3-10(12(16)9-11)5-7-18-8-6-17-15(18)22-14(21)13(19)20/h6,8,10-12H,3-5,7,9H2,1-2H3,(H,19,20). The minimum atomic E-state index is -1.61. The Hall–Kier alpha value is -1.85. The molecule has 0 amide bonds. The number of aryl methyl sites for hydroxylation is 1. The quantitative estimate of drug-likeness (QED) is 0.682. The van der Waals surface area contributed by atoms with Gasteiger partial charge in [0.25, 0.3) is 0 Å². The van der Waals surface area contributed by atoms with E-state index in [0.29, 0.717) is 17.9 Å². The fraction of sp³-hybridized carbons (Fsp3) is 0.688. The number of ether oxygens (including phenoxy) is 1. The van der Waals surface area contributed by atoms with Crippen molar-refractivity contribution in [1.82, 2.24) is 9.55 Å². The number of rotatable bonds is 4. The number of carboxylic acid groups (broad SMARTS) is 1. The molecule has 3 unspecified atom stereocenters. The van der Waals surface area contributed by atoms with Crippen LogP contribution in [0.3, 0.4) is 0 Å². The summed E-state index contributed by atoms with van der Waals surface area (Å²) in [5.74, 6) is -0.559. The molecule has 1 aromatic rings. The number of aliphatic carboxylic acids is 1. The van der Waals surface area contributed by atoms with E-state index < -0.39 is 11.9 Å². The van der Waals surface area contributed by atoms with Crippen LogP contribution in [0.1, 0.15) is 39.5 Å². The van der Waals surface area contributed by atoms with Gasteiger partial charge < -0.3 is 14.4 Å². The zero-order valence-corrected chi connectivity index (χ0v) is 13.0. The molecule has 0 aromatic carbocycles. The van der Waals surface area contributed by atoms with Gasteiger partial charge >= 0.3 is 17.9 Å². The average molecular weight is 306 g/mol. The maximum absolute atomic E-state index is 11.1. The number of carbonyl (C=O) groups excluding carboxylic acids is 1. The van der Waals surface area contributed by atoms with Crippen LogP contribution in [0, 0.1) is 23.2 Å². The Labute approximate surface area is 129 Å². The van der Waals surface area contributed by atoms with E-state index in [9.17, 15) is 9.59 Å². The highest BCUT2D eigenvalue weighted by Gasteiger charge is 2.53. The van der Waals surface area contributed by atoms with Gasteiger partial charge in [-0.3, -0.25) is 0 Å². The summed E-state index contributed by atoms with van der Waals surface area (Å²) in [5, 5.41) is 8.59. The largest absolute Gasteiger partial charge is 0.473 e. The molecule has 2 bridgehead atoms. The fourth-order valence-corrected chi connectivity index (χ4v) is 4.31. The highest BCUT2D eigenvalue weighted by molar-refractivity contribution is 6.29.